The lowest BCUT2D eigenvalue weighted by Crippen LogP contribution is -1.96. The predicted molar refractivity (Wildman–Crippen MR) is 72.9 cm³/mol. The Kier molecular flexibility index (Phi) is 2.29. The molecular formula is C12H11BrN4. The summed E-state index contributed by atoms with van der Waals surface area (Å²) < 4.78 is 0.961. The van der Waals surface area contributed by atoms with E-state index in [1.807, 2.05) is 0 Å². The molecule has 0 aliphatic carbocycles. The number of nitrogens with one attached hydrogen (secondary N) is 1. The molecule has 0 atom stereocenters. The summed E-state index contributed by atoms with van der Waals surface area (Å²) in [6, 6.07) is 2.06. The molecule has 0 saturated heterocycles. The third-order valence-electron chi connectivity index (χ3n) is 2.94. The molecule has 4 nitrogen and oxygen atoms in total. The molecule has 0 saturated carbocycles. The molecule has 3 aromatic rings. The van der Waals surface area contributed by atoms with E-state index in [0.717, 1.165) is 38.4 Å². The second kappa shape index (κ2) is 3.70. The third kappa shape index (κ3) is 1.50. The number of H-pyrrole nitrogens is 1. The number of rotatable bonds is 1. The van der Waals surface area contributed by atoms with Gasteiger partial charge in [-0.2, -0.15) is 0 Å². The van der Waals surface area contributed by atoms with Crippen LogP contribution in [0.15, 0.2) is 22.9 Å². The lowest BCUT2D eigenvalue weighted by atomic mass is 10.1. The first kappa shape index (κ1) is 10.5. The fourth-order valence-corrected chi connectivity index (χ4v) is 2.52. The largest absolute Gasteiger partial charge is 0.383 e. The van der Waals surface area contributed by atoms with Crippen LogP contribution in [-0.4, -0.2) is 15.0 Å². The van der Waals surface area contributed by atoms with Crippen molar-refractivity contribution < 1.29 is 0 Å². The fourth-order valence-electron chi connectivity index (χ4n) is 2.18. The van der Waals surface area contributed by atoms with E-state index in [2.05, 4.69) is 43.9 Å². The molecule has 3 aromatic heterocycles. The molecule has 3 N–H and O–H groups in total. The number of halogens is 1. The Balaban J connectivity index is 2.56. The first-order valence-corrected chi connectivity index (χ1v) is 6.20. The molecule has 0 radical (unpaired) electrons. The van der Waals surface area contributed by atoms with Crippen LogP contribution in [0.4, 0.5) is 5.82 Å². The van der Waals surface area contributed by atoms with E-state index in [0.29, 0.717) is 5.82 Å². The topological polar surface area (TPSA) is 67.6 Å². The first-order chi connectivity index (χ1) is 8.20. The van der Waals surface area contributed by atoms with Gasteiger partial charge in [0, 0.05) is 27.0 Å². The molecule has 0 aliphatic rings. The normalized spacial score (nSPS) is 11.4. The van der Waals surface area contributed by atoms with Crippen molar-refractivity contribution in [2.24, 2.45) is 0 Å². The molecule has 3 heterocycles. The summed E-state index contributed by atoms with van der Waals surface area (Å²) in [5.74, 6) is 0.598. The Hall–Kier alpha value is -1.62. The monoisotopic (exact) mass is 290 g/mol. The number of nitrogens with two attached hydrogens (primary N) is 1. The summed E-state index contributed by atoms with van der Waals surface area (Å²) in [6.07, 6.45) is 4.40. The highest BCUT2D eigenvalue weighted by Crippen LogP contribution is 2.31. The van der Waals surface area contributed by atoms with Gasteiger partial charge in [0.2, 0.25) is 0 Å². The SMILES string of the molecule is CCc1c(N)ncc2[nH]c3ncc(Br)cc3c12. The van der Waals surface area contributed by atoms with E-state index in [-0.39, 0.29) is 0 Å². The molecule has 86 valence electrons. The van der Waals surface area contributed by atoms with Gasteiger partial charge in [-0.3, -0.25) is 0 Å². The van der Waals surface area contributed by atoms with E-state index < -0.39 is 0 Å². The molecule has 17 heavy (non-hydrogen) atoms. The standard InChI is InChI=1S/C12H11BrN4/c1-2-7-10-8-3-6(13)4-16-12(8)17-9(10)5-15-11(7)14/h3-5H,2H2,1H3,(H2,14,15)(H,16,17). The van der Waals surface area contributed by atoms with Gasteiger partial charge in [-0.05, 0) is 28.4 Å². The van der Waals surface area contributed by atoms with Crippen molar-refractivity contribution in [3.8, 4) is 0 Å². The van der Waals surface area contributed by atoms with E-state index in [1.54, 1.807) is 12.4 Å². The molecular weight excluding hydrogens is 280 g/mol. The van der Waals surface area contributed by atoms with E-state index in [9.17, 15) is 0 Å². The molecule has 0 spiro atoms. The van der Waals surface area contributed by atoms with Gasteiger partial charge in [0.05, 0.1) is 11.7 Å². The molecule has 5 heteroatoms. The van der Waals surface area contributed by atoms with Crippen molar-refractivity contribution in [3.05, 3.63) is 28.5 Å². The van der Waals surface area contributed by atoms with Gasteiger partial charge < -0.3 is 10.7 Å². The van der Waals surface area contributed by atoms with Gasteiger partial charge in [0.15, 0.2) is 0 Å². The summed E-state index contributed by atoms with van der Waals surface area (Å²) in [4.78, 5) is 11.8. The molecule has 0 bridgehead atoms. The van der Waals surface area contributed by atoms with Crippen LogP contribution in [0.1, 0.15) is 12.5 Å². The molecule has 0 fully saturated rings. The number of hydrogen-bond acceptors (Lipinski definition) is 3. The number of aryl methyl sites for hydroxylation is 1. The Morgan fingerprint density at radius 1 is 1.35 bits per heavy atom. The number of nitrogens with zero attached hydrogens (tertiary/aromatic N) is 2. The van der Waals surface area contributed by atoms with Gasteiger partial charge in [0.1, 0.15) is 11.5 Å². The average molecular weight is 291 g/mol. The molecule has 0 amide bonds. The Bertz CT molecular complexity index is 717. The summed E-state index contributed by atoms with van der Waals surface area (Å²) in [5.41, 5.74) is 8.85. The van der Waals surface area contributed by atoms with Crippen LogP contribution in [0.25, 0.3) is 21.9 Å². The first-order valence-electron chi connectivity index (χ1n) is 5.41. The predicted octanol–water partition coefficient (Wildman–Crippen LogP) is 3.02. The number of aromatic nitrogens is 3. The maximum Gasteiger partial charge on any atom is 0.138 e. The summed E-state index contributed by atoms with van der Waals surface area (Å²) in [6.45, 7) is 2.08. The minimum Gasteiger partial charge on any atom is -0.383 e. The Morgan fingerprint density at radius 2 is 2.18 bits per heavy atom. The van der Waals surface area contributed by atoms with Crippen molar-refractivity contribution in [1.29, 1.82) is 0 Å². The fraction of sp³-hybridized carbons (Fsp3) is 0.167. The minimum absolute atomic E-state index is 0.598. The zero-order valence-corrected chi connectivity index (χ0v) is 10.9. The smallest absolute Gasteiger partial charge is 0.138 e. The van der Waals surface area contributed by atoms with Gasteiger partial charge in [-0.1, -0.05) is 6.92 Å². The highest BCUT2D eigenvalue weighted by atomic mass is 79.9. The Labute approximate surface area is 106 Å². The summed E-state index contributed by atoms with van der Waals surface area (Å²) in [5, 5.41) is 2.21. The van der Waals surface area contributed by atoms with Crippen LogP contribution >= 0.6 is 15.9 Å². The van der Waals surface area contributed by atoms with Gasteiger partial charge >= 0.3 is 0 Å². The van der Waals surface area contributed by atoms with Crippen LogP contribution in [0.3, 0.4) is 0 Å². The minimum atomic E-state index is 0.598. The van der Waals surface area contributed by atoms with E-state index in [1.165, 1.54) is 0 Å². The zero-order chi connectivity index (χ0) is 12.0. The number of hydrogen-bond donors (Lipinski definition) is 2. The number of nitrogen functional groups attached to an aromatic ring is 1. The van der Waals surface area contributed by atoms with Crippen LogP contribution in [0.5, 0.6) is 0 Å². The summed E-state index contributed by atoms with van der Waals surface area (Å²) >= 11 is 3.44. The lowest BCUT2D eigenvalue weighted by Gasteiger charge is -2.03. The highest BCUT2D eigenvalue weighted by molar-refractivity contribution is 9.10. The molecule has 0 aliphatic heterocycles. The molecule has 3 rings (SSSR count). The number of anilines is 1. The van der Waals surface area contributed by atoms with Crippen molar-refractivity contribution in [3.63, 3.8) is 0 Å². The Morgan fingerprint density at radius 3 is 2.94 bits per heavy atom. The van der Waals surface area contributed by atoms with Crippen LogP contribution in [0.2, 0.25) is 0 Å². The number of aromatic amines is 1. The van der Waals surface area contributed by atoms with Crippen LogP contribution in [-0.2, 0) is 6.42 Å². The zero-order valence-electron chi connectivity index (χ0n) is 9.29. The van der Waals surface area contributed by atoms with Crippen molar-refractivity contribution in [2.45, 2.75) is 13.3 Å². The quantitative estimate of drug-likeness (QED) is 0.724. The maximum atomic E-state index is 5.93. The second-order valence-electron chi connectivity index (χ2n) is 3.94. The van der Waals surface area contributed by atoms with Crippen molar-refractivity contribution in [2.75, 3.05) is 5.73 Å². The lowest BCUT2D eigenvalue weighted by molar-refractivity contribution is 1.14. The van der Waals surface area contributed by atoms with Gasteiger partial charge in [-0.15, -0.1) is 0 Å². The van der Waals surface area contributed by atoms with E-state index >= 15 is 0 Å². The molecule has 0 aromatic carbocycles. The van der Waals surface area contributed by atoms with Gasteiger partial charge in [0.25, 0.3) is 0 Å². The van der Waals surface area contributed by atoms with Crippen LogP contribution in [0, 0.1) is 0 Å². The maximum absolute atomic E-state index is 5.93. The van der Waals surface area contributed by atoms with Crippen molar-refractivity contribution >= 4 is 43.7 Å². The second-order valence-corrected chi connectivity index (χ2v) is 4.85. The highest BCUT2D eigenvalue weighted by Gasteiger charge is 2.12. The van der Waals surface area contributed by atoms with Crippen LogP contribution < -0.4 is 5.73 Å². The average Bonchev–Trinajstić information content (AvgIpc) is 2.67. The van der Waals surface area contributed by atoms with E-state index in [4.69, 9.17) is 5.73 Å². The number of pyridine rings is 2. The van der Waals surface area contributed by atoms with Crippen molar-refractivity contribution in [1.82, 2.24) is 15.0 Å². The number of fused-ring (bicyclic) bond motifs is 3. The van der Waals surface area contributed by atoms with Gasteiger partial charge in [-0.25, -0.2) is 9.97 Å². The molecule has 0 unspecified atom stereocenters. The third-order valence-corrected chi connectivity index (χ3v) is 3.38. The summed E-state index contributed by atoms with van der Waals surface area (Å²) in [7, 11) is 0.